The first-order valence-electron chi connectivity index (χ1n) is 9.08. The fraction of sp³-hybridized carbons (Fsp3) is 0.208. The summed E-state index contributed by atoms with van der Waals surface area (Å²) in [7, 11) is 0. The van der Waals surface area contributed by atoms with E-state index in [1.165, 1.54) is 0 Å². The van der Waals surface area contributed by atoms with Gasteiger partial charge in [-0.1, -0.05) is 105 Å². The first-order chi connectivity index (χ1) is 12.7. The van der Waals surface area contributed by atoms with Gasteiger partial charge in [-0.2, -0.15) is 0 Å². The lowest BCUT2D eigenvalue weighted by atomic mass is 9.76. The predicted molar refractivity (Wildman–Crippen MR) is 107 cm³/mol. The van der Waals surface area contributed by atoms with Crippen LogP contribution in [0.3, 0.4) is 0 Å². The number of carbonyl (C=O) groups excluding carboxylic acids is 1. The third-order valence-electron chi connectivity index (χ3n) is 4.87. The zero-order valence-corrected chi connectivity index (χ0v) is 15.3. The normalized spacial score (nSPS) is 12.7. The Hall–Kier alpha value is -2.71. The van der Waals surface area contributed by atoms with E-state index in [2.05, 4.69) is 55.6 Å². The lowest BCUT2D eigenvalue weighted by Gasteiger charge is -2.40. The van der Waals surface area contributed by atoms with Crippen LogP contribution in [0.4, 0.5) is 0 Å². The number of hydrogen-bond donors (Lipinski definition) is 1. The predicted octanol–water partition coefficient (Wildman–Crippen LogP) is 4.79. The first-order valence-corrected chi connectivity index (χ1v) is 9.08. The van der Waals surface area contributed by atoms with Crippen molar-refractivity contribution >= 4 is 6.29 Å². The molecule has 0 saturated carbocycles. The van der Waals surface area contributed by atoms with E-state index >= 15 is 0 Å². The van der Waals surface area contributed by atoms with E-state index in [-0.39, 0.29) is 12.0 Å². The summed E-state index contributed by atoms with van der Waals surface area (Å²) in [5.74, 6) is 0.183. The van der Waals surface area contributed by atoms with Crippen LogP contribution in [0, 0.1) is 5.92 Å². The van der Waals surface area contributed by atoms with Crippen LogP contribution in [0.2, 0.25) is 0 Å². The maximum atomic E-state index is 11.9. The quantitative estimate of drug-likeness (QED) is 0.493. The second-order valence-corrected chi connectivity index (χ2v) is 6.90. The summed E-state index contributed by atoms with van der Waals surface area (Å²) in [6.45, 7) is 4.13. The minimum atomic E-state index is -0.598. The van der Waals surface area contributed by atoms with Crippen LogP contribution >= 0.6 is 0 Å². The van der Waals surface area contributed by atoms with Crippen LogP contribution in [0.25, 0.3) is 0 Å². The molecule has 0 bridgehead atoms. The highest BCUT2D eigenvalue weighted by atomic mass is 16.1. The molecule has 3 aromatic carbocycles. The molecule has 3 aromatic rings. The average molecular weight is 343 g/mol. The van der Waals surface area contributed by atoms with Gasteiger partial charge in [-0.05, 0) is 22.6 Å². The van der Waals surface area contributed by atoms with Crippen molar-refractivity contribution in [2.24, 2.45) is 5.92 Å². The Morgan fingerprint density at radius 3 is 1.31 bits per heavy atom. The Kier molecular flexibility index (Phi) is 5.65. The standard InChI is InChI=1S/C24H25NO/c1-19(2)23(18-26)25-24(20-12-6-3-7-13-20,21-14-8-4-9-15-21)22-16-10-5-11-17-22/h3-19,23,25H,1-2H3/t23-/m1/s1. The molecule has 3 rings (SSSR count). The number of nitrogens with one attached hydrogen (secondary N) is 1. The molecule has 0 unspecified atom stereocenters. The largest absolute Gasteiger partial charge is 0.302 e. The Morgan fingerprint density at radius 2 is 1.04 bits per heavy atom. The number of aldehydes is 1. The van der Waals surface area contributed by atoms with Gasteiger partial charge in [-0.3, -0.25) is 5.32 Å². The third kappa shape index (κ3) is 3.47. The molecule has 0 aliphatic heterocycles. The van der Waals surface area contributed by atoms with E-state index in [0.717, 1.165) is 23.0 Å². The van der Waals surface area contributed by atoms with E-state index in [4.69, 9.17) is 0 Å². The van der Waals surface area contributed by atoms with Crippen LogP contribution < -0.4 is 5.32 Å². The van der Waals surface area contributed by atoms with Gasteiger partial charge in [0, 0.05) is 0 Å². The number of carbonyl (C=O) groups is 1. The third-order valence-corrected chi connectivity index (χ3v) is 4.87. The molecule has 1 N–H and O–H groups in total. The molecule has 0 aromatic heterocycles. The lowest BCUT2D eigenvalue weighted by Crippen LogP contribution is -2.52. The van der Waals surface area contributed by atoms with Crippen molar-refractivity contribution in [2.75, 3.05) is 0 Å². The topological polar surface area (TPSA) is 29.1 Å². The number of benzene rings is 3. The minimum Gasteiger partial charge on any atom is -0.302 e. The second kappa shape index (κ2) is 8.11. The van der Waals surface area contributed by atoms with Gasteiger partial charge in [0.05, 0.1) is 11.6 Å². The molecule has 132 valence electrons. The maximum absolute atomic E-state index is 11.9. The fourth-order valence-electron chi connectivity index (χ4n) is 3.42. The van der Waals surface area contributed by atoms with Gasteiger partial charge in [-0.15, -0.1) is 0 Å². The summed E-state index contributed by atoms with van der Waals surface area (Å²) in [4.78, 5) is 11.9. The molecule has 0 fully saturated rings. The molecule has 0 saturated heterocycles. The SMILES string of the molecule is CC(C)[C@@H](C=O)NC(c1ccccc1)(c1ccccc1)c1ccccc1. The average Bonchev–Trinajstić information content (AvgIpc) is 2.71. The van der Waals surface area contributed by atoms with Crippen molar-refractivity contribution in [3.8, 4) is 0 Å². The first kappa shape index (κ1) is 18.1. The molecular weight excluding hydrogens is 318 g/mol. The summed E-state index contributed by atoms with van der Waals surface area (Å²) < 4.78 is 0. The maximum Gasteiger partial charge on any atom is 0.137 e. The summed E-state index contributed by atoms with van der Waals surface area (Å²) in [5.41, 5.74) is 2.75. The van der Waals surface area contributed by atoms with Crippen molar-refractivity contribution < 1.29 is 4.79 Å². The van der Waals surface area contributed by atoms with Gasteiger partial charge < -0.3 is 4.79 Å². The molecule has 0 aliphatic carbocycles. The highest BCUT2D eigenvalue weighted by Crippen LogP contribution is 2.37. The van der Waals surface area contributed by atoms with Crippen LogP contribution in [-0.4, -0.2) is 12.3 Å². The van der Waals surface area contributed by atoms with Crippen LogP contribution in [0.15, 0.2) is 91.0 Å². The van der Waals surface area contributed by atoms with Crippen LogP contribution in [0.5, 0.6) is 0 Å². The zero-order chi connectivity index (χ0) is 18.4. The van der Waals surface area contributed by atoms with Crippen molar-refractivity contribution in [3.63, 3.8) is 0 Å². The minimum absolute atomic E-state index is 0.183. The molecule has 0 amide bonds. The molecule has 26 heavy (non-hydrogen) atoms. The van der Waals surface area contributed by atoms with Gasteiger partial charge in [0.2, 0.25) is 0 Å². The van der Waals surface area contributed by atoms with Gasteiger partial charge in [-0.25, -0.2) is 0 Å². The smallest absolute Gasteiger partial charge is 0.137 e. The Bertz CT molecular complexity index is 716. The molecular formula is C24H25NO. The van der Waals surface area contributed by atoms with Gasteiger partial charge in [0.25, 0.3) is 0 Å². The fourth-order valence-corrected chi connectivity index (χ4v) is 3.42. The van der Waals surface area contributed by atoms with Crippen molar-refractivity contribution in [1.29, 1.82) is 0 Å². The summed E-state index contributed by atoms with van der Waals surface area (Å²) in [6, 6.07) is 30.8. The highest BCUT2D eigenvalue weighted by molar-refractivity contribution is 5.60. The number of hydrogen-bond acceptors (Lipinski definition) is 2. The number of rotatable bonds is 7. The monoisotopic (exact) mass is 343 g/mol. The van der Waals surface area contributed by atoms with Crippen LogP contribution in [-0.2, 0) is 10.3 Å². The van der Waals surface area contributed by atoms with Gasteiger partial charge in [0.1, 0.15) is 6.29 Å². The summed E-state index contributed by atoms with van der Waals surface area (Å²) in [5, 5.41) is 3.70. The van der Waals surface area contributed by atoms with E-state index in [9.17, 15) is 4.79 Å². The lowest BCUT2D eigenvalue weighted by molar-refractivity contribution is -0.110. The molecule has 2 heteroatoms. The van der Waals surface area contributed by atoms with Crippen molar-refractivity contribution in [3.05, 3.63) is 108 Å². The van der Waals surface area contributed by atoms with E-state index in [1.54, 1.807) is 0 Å². The van der Waals surface area contributed by atoms with E-state index in [0.29, 0.717) is 0 Å². The van der Waals surface area contributed by atoms with E-state index in [1.807, 2.05) is 54.6 Å². The van der Waals surface area contributed by atoms with Crippen LogP contribution in [0.1, 0.15) is 30.5 Å². The van der Waals surface area contributed by atoms with Gasteiger partial charge >= 0.3 is 0 Å². The Balaban J connectivity index is 2.29. The van der Waals surface area contributed by atoms with Crippen molar-refractivity contribution in [2.45, 2.75) is 25.4 Å². The van der Waals surface area contributed by atoms with Crippen molar-refractivity contribution in [1.82, 2.24) is 5.32 Å². The van der Waals surface area contributed by atoms with Gasteiger partial charge in [0.15, 0.2) is 0 Å². The molecule has 1 atom stereocenters. The molecule has 0 aliphatic rings. The molecule has 2 nitrogen and oxygen atoms in total. The molecule has 0 spiro atoms. The summed E-state index contributed by atoms with van der Waals surface area (Å²) >= 11 is 0. The highest BCUT2D eigenvalue weighted by Gasteiger charge is 2.38. The summed E-state index contributed by atoms with van der Waals surface area (Å²) in [6.07, 6.45) is 1.02. The second-order valence-electron chi connectivity index (χ2n) is 6.90. The zero-order valence-electron chi connectivity index (χ0n) is 15.3. The van der Waals surface area contributed by atoms with E-state index < -0.39 is 5.54 Å². The Labute approximate surface area is 155 Å². The Morgan fingerprint density at radius 1 is 0.692 bits per heavy atom. The molecule has 0 radical (unpaired) electrons. The molecule has 0 heterocycles.